The van der Waals surface area contributed by atoms with Gasteiger partial charge in [-0.05, 0) is 71.8 Å². The maximum absolute atomic E-state index is 13.7. The van der Waals surface area contributed by atoms with E-state index in [1.807, 2.05) is 66.7 Å². The number of rotatable bonds is 4. The van der Waals surface area contributed by atoms with E-state index in [1.165, 1.54) is 0 Å². The van der Waals surface area contributed by atoms with Gasteiger partial charge in [0, 0.05) is 41.0 Å². The van der Waals surface area contributed by atoms with E-state index >= 15 is 0 Å². The molecule has 7 heteroatoms. The Kier molecular flexibility index (Phi) is 6.08. The lowest BCUT2D eigenvalue weighted by molar-refractivity contribution is 0.0984. The molecule has 0 fully saturated rings. The summed E-state index contributed by atoms with van der Waals surface area (Å²) in [5, 5.41) is 6.30. The molecule has 184 valence electrons. The van der Waals surface area contributed by atoms with Gasteiger partial charge in [0.2, 0.25) is 0 Å². The van der Waals surface area contributed by atoms with Crippen molar-refractivity contribution in [1.29, 1.82) is 0 Å². The van der Waals surface area contributed by atoms with Crippen molar-refractivity contribution in [2.75, 3.05) is 15.5 Å². The molecule has 0 radical (unpaired) electrons. The maximum Gasteiger partial charge on any atom is 0.258 e. The second-order valence-electron chi connectivity index (χ2n) is 8.86. The van der Waals surface area contributed by atoms with Gasteiger partial charge in [-0.25, -0.2) is 4.98 Å². The van der Waals surface area contributed by atoms with Crippen LogP contribution in [0.5, 0.6) is 0 Å². The standard InChI is InChI=1S/C31H23N5O2/c37-30(26-8-2-1-7-25(26)21-15-18-32-19-16-21)34-24-13-11-22(12-14-24)31(38)36-20-23-6-5-17-33-29(23)35-27-9-3-4-10-28(27)36/h1-19H,20H2,(H,33,35)(H,34,37). The smallest absolute Gasteiger partial charge is 0.258 e. The predicted molar refractivity (Wildman–Crippen MR) is 149 cm³/mol. The summed E-state index contributed by atoms with van der Waals surface area (Å²) in [6, 6.07) is 29.7. The molecule has 1 aliphatic rings. The second kappa shape index (κ2) is 9.99. The van der Waals surface area contributed by atoms with Crippen LogP contribution in [0, 0.1) is 0 Å². The minimum atomic E-state index is -0.229. The van der Waals surface area contributed by atoms with Crippen molar-refractivity contribution in [2.24, 2.45) is 0 Å². The van der Waals surface area contributed by atoms with Gasteiger partial charge in [0.25, 0.3) is 11.8 Å². The van der Waals surface area contributed by atoms with Crippen LogP contribution in [0.15, 0.2) is 116 Å². The summed E-state index contributed by atoms with van der Waals surface area (Å²) in [5.74, 6) is 0.366. The number of benzene rings is 3. The van der Waals surface area contributed by atoms with Crippen molar-refractivity contribution in [3.05, 3.63) is 132 Å². The number of anilines is 4. The van der Waals surface area contributed by atoms with Gasteiger partial charge in [-0.15, -0.1) is 0 Å². The summed E-state index contributed by atoms with van der Waals surface area (Å²) >= 11 is 0. The number of carbonyl (C=O) groups excluding carboxylic acids is 2. The molecule has 0 saturated carbocycles. The average Bonchev–Trinajstić information content (AvgIpc) is 3.14. The molecule has 0 saturated heterocycles. The number of hydrogen-bond donors (Lipinski definition) is 2. The van der Waals surface area contributed by atoms with Crippen LogP contribution in [-0.2, 0) is 6.54 Å². The maximum atomic E-state index is 13.7. The van der Waals surface area contributed by atoms with Gasteiger partial charge in [-0.2, -0.15) is 0 Å². The van der Waals surface area contributed by atoms with Crippen LogP contribution in [0.25, 0.3) is 11.1 Å². The molecular weight excluding hydrogens is 474 g/mol. The fraction of sp³-hybridized carbons (Fsp3) is 0.0323. The van der Waals surface area contributed by atoms with Gasteiger partial charge in [-0.1, -0.05) is 36.4 Å². The normalized spacial score (nSPS) is 11.9. The topological polar surface area (TPSA) is 87.2 Å². The summed E-state index contributed by atoms with van der Waals surface area (Å²) in [4.78, 5) is 37.1. The molecule has 0 spiro atoms. The van der Waals surface area contributed by atoms with E-state index < -0.39 is 0 Å². The second-order valence-corrected chi connectivity index (χ2v) is 8.86. The lowest BCUT2D eigenvalue weighted by Crippen LogP contribution is -2.30. The van der Waals surface area contributed by atoms with Crippen LogP contribution in [0.2, 0.25) is 0 Å². The largest absolute Gasteiger partial charge is 0.338 e. The molecule has 0 unspecified atom stereocenters. The molecule has 7 nitrogen and oxygen atoms in total. The highest BCUT2D eigenvalue weighted by atomic mass is 16.2. The van der Waals surface area contributed by atoms with E-state index in [4.69, 9.17) is 0 Å². The number of fused-ring (bicyclic) bond motifs is 2. The highest BCUT2D eigenvalue weighted by Gasteiger charge is 2.25. The van der Waals surface area contributed by atoms with E-state index in [1.54, 1.807) is 53.8 Å². The molecule has 2 aromatic heterocycles. The Morgan fingerprint density at radius 1 is 0.789 bits per heavy atom. The van der Waals surface area contributed by atoms with Gasteiger partial charge in [0.05, 0.1) is 17.9 Å². The Morgan fingerprint density at radius 3 is 2.39 bits per heavy atom. The van der Waals surface area contributed by atoms with Gasteiger partial charge in [-0.3, -0.25) is 14.6 Å². The minimum absolute atomic E-state index is 0.142. The molecule has 0 atom stereocenters. The van der Waals surface area contributed by atoms with E-state index in [-0.39, 0.29) is 11.8 Å². The molecule has 2 amide bonds. The Labute approximate surface area is 219 Å². The molecule has 0 bridgehead atoms. The average molecular weight is 498 g/mol. The first kappa shape index (κ1) is 23.1. The lowest BCUT2D eigenvalue weighted by atomic mass is 10.00. The number of nitrogens with one attached hydrogen (secondary N) is 2. The number of nitrogens with zero attached hydrogens (tertiary/aromatic N) is 3. The summed E-state index contributed by atoms with van der Waals surface area (Å²) in [5.41, 5.74) is 5.92. The Bertz CT molecular complexity index is 1630. The zero-order valence-corrected chi connectivity index (χ0v) is 20.3. The zero-order valence-electron chi connectivity index (χ0n) is 20.3. The van der Waals surface area contributed by atoms with E-state index in [2.05, 4.69) is 20.6 Å². The first-order valence-corrected chi connectivity index (χ1v) is 12.2. The minimum Gasteiger partial charge on any atom is -0.338 e. The lowest BCUT2D eigenvalue weighted by Gasteiger charge is -2.23. The van der Waals surface area contributed by atoms with Crippen LogP contribution in [0.1, 0.15) is 26.3 Å². The van der Waals surface area contributed by atoms with Crippen molar-refractivity contribution in [2.45, 2.75) is 6.54 Å². The zero-order chi connectivity index (χ0) is 25.9. The van der Waals surface area contributed by atoms with E-state index in [0.717, 1.165) is 33.9 Å². The SMILES string of the molecule is O=C(Nc1ccc(C(=O)N2Cc3cccnc3Nc3ccccc32)cc1)c1ccccc1-c1ccncc1. The van der Waals surface area contributed by atoms with Crippen LogP contribution < -0.4 is 15.5 Å². The van der Waals surface area contributed by atoms with E-state index in [0.29, 0.717) is 23.4 Å². The van der Waals surface area contributed by atoms with Crippen LogP contribution >= 0.6 is 0 Å². The van der Waals surface area contributed by atoms with Gasteiger partial charge < -0.3 is 15.5 Å². The molecule has 3 heterocycles. The molecular formula is C31H23N5O2. The Balaban J connectivity index is 1.24. The number of aromatic nitrogens is 2. The number of pyridine rings is 2. The van der Waals surface area contributed by atoms with Crippen molar-refractivity contribution in [1.82, 2.24) is 9.97 Å². The van der Waals surface area contributed by atoms with E-state index in [9.17, 15) is 9.59 Å². The summed E-state index contributed by atoms with van der Waals surface area (Å²) in [7, 11) is 0. The van der Waals surface area contributed by atoms with Crippen molar-refractivity contribution < 1.29 is 9.59 Å². The summed E-state index contributed by atoms with van der Waals surface area (Å²) < 4.78 is 0. The third-order valence-electron chi connectivity index (χ3n) is 6.47. The molecule has 38 heavy (non-hydrogen) atoms. The number of amides is 2. The van der Waals surface area contributed by atoms with Gasteiger partial charge in [0.15, 0.2) is 0 Å². The fourth-order valence-electron chi connectivity index (χ4n) is 4.57. The third-order valence-corrected chi connectivity index (χ3v) is 6.47. The fourth-order valence-corrected chi connectivity index (χ4v) is 4.57. The number of hydrogen-bond acceptors (Lipinski definition) is 5. The van der Waals surface area contributed by atoms with Gasteiger partial charge >= 0.3 is 0 Å². The number of carbonyl (C=O) groups is 2. The van der Waals surface area contributed by atoms with Crippen molar-refractivity contribution >= 4 is 34.7 Å². The van der Waals surface area contributed by atoms with Crippen LogP contribution in [0.3, 0.4) is 0 Å². The van der Waals surface area contributed by atoms with Gasteiger partial charge in [0.1, 0.15) is 5.82 Å². The van der Waals surface area contributed by atoms with Crippen LogP contribution in [0.4, 0.5) is 22.9 Å². The predicted octanol–water partition coefficient (Wildman–Crippen LogP) is 6.30. The highest BCUT2D eigenvalue weighted by molar-refractivity contribution is 6.10. The monoisotopic (exact) mass is 497 g/mol. The first-order chi connectivity index (χ1) is 18.7. The van der Waals surface area contributed by atoms with Crippen molar-refractivity contribution in [3.63, 3.8) is 0 Å². The summed E-state index contributed by atoms with van der Waals surface area (Å²) in [6.07, 6.45) is 5.13. The first-order valence-electron chi connectivity index (χ1n) is 12.2. The quantitative estimate of drug-likeness (QED) is 0.304. The van der Waals surface area contributed by atoms with Crippen LogP contribution in [-0.4, -0.2) is 21.8 Å². The third kappa shape index (κ3) is 4.49. The Morgan fingerprint density at radius 2 is 1.55 bits per heavy atom. The molecule has 2 N–H and O–H groups in total. The van der Waals surface area contributed by atoms with Crippen molar-refractivity contribution in [3.8, 4) is 11.1 Å². The molecule has 3 aromatic carbocycles. The molecule has 5 aromatic rings. The summed E-state index contributed by atoms with van der Waals surface area (Å²) in [6.45, 7) is 0.385. The highest BCUT2D eigenvalue weighted by Crippen LogP contribution is 2.35. The molecule has 0 aliphatic carbocycles. The molecule has 6 rings (SSSR count). The Hall–Kier alpha value is -5.30. The molecule has 1 aliphatic heterocycles. The number of para-hydroxylation sites is 2.